The maximum absolute atomic E-state index is 13.7. The fourth-order valence-electron chi connectivity index (χ4n) is 4.24. The Bertz CT molecular complexity index is 1510. The van der Waals surface area contributed by atoms with Gasteiger partial charge in [-0.3, -0.25) is 25.1 Å². The molecule has 0 saturated carbocycles. The lowest BCUT2D eigenvalue weighted by Crippen LogP contribution is -2.41. The number of para-hydroxylation sites is 1. The van der Waals surface area contributed by atoms with Crippen LogP contribution in [0.3, 0.4) is 0 Å². The number of carbonyl (C=O) groups is 1. The highest BCUT2D eigenvalue weighted by Crippen LogP contribution is 2.27. The number of anilines is 1. The van der Waals surface area contributed by atoms with E-state index in [1.165, 1.54) is 28.9 Å². The number of hydrogen-bond acceptors (Lipinski definition) is 7. The van der Waals surface area contributed by atoms with Gasteiger partial charge in [0, 0.05) is 29.3 Å². The SMILES string of the molecule is CCC(c1nc2cc(Cl)ccc2c(=O)n1Nc1ccccc1)N(CCCN)C(=O)c1ccc([N+](=O)[O-])cc1. The van der Waals surface area contributed by atoms with Gasteiger partial charge in [-0.05, 0) is 61.9 Å². The van der Waals surface area contributed by atoms with E-state index in [-0.39, 0.29) is 22.7 Å². The van der Waals surface area contributed by atoms with Crippen LogP contribution in [0, 0.1) is 10.1 Å². The number of hydrogen-bond donors (Lipinski definition) is 2. The number of fused-ring (bicyclic) bond motifs is 1. The van der Waals surface area contributed by atoms with Crippen molar-refractivity contribution in [1.29, 1.82) is 0 Å². The number of nitrogens with two attached hydrogens (primary N) is 1. The third-order valence-electron chi connectivity index (χ3n) is 6.12. The van der Waals surface area contributed by atoms with E-state index in [4.69, 9.17) is 22.3 Å². The molecule has 0 saturated heterocycles. The summed E-state index contributed by atoms with van der Waals surface area (Å²) < 4.78 is 1.36. The van der Waals surface area contributed by atoms with Gasteiger partial charge >= 0.3 is 0 Å². The van der Waals surface area contributed by atoms with Crippen LogP contribution in [0.1, 0.15) is 42.0 Å². The lowest BCUT2D eigenvalue weighted by atomic mass is 10.1. The van der Waals surface area contributed by atoms with Crippen molar-refractivity contribution in [3.05, 3.63) is 110 Å². The number of nitrogens with one attached hydrogen (secondary N) is 1. The van der Waals surface area contributed by atoms with E-state index in [1.807, 2.05) is 37.3 Å². The summed E-state index contributed by atoms with van der Waals surface area (Å²) in [6, 6.07) is 18.8. The maximum Gasteiger partial charge on any atom is 0.280 e. The third-order valence-corrected chi connectivity index (χ3v) is 6.36. The first-order valence-electron chi connectivity index (χ1n) is 12.1. The molecule has 11 heteroatoms. The van der Waals surface area contributed by atoms with Crippen molar-refractivity contribution in [1.82, 2.24) is 14.6 Å². The molecule has 196 valence electrons. The summed E-state index contributed by atoms with van der Waals surface area (Å²) in [5.74, 6) is -0.0321. The van der Waals surface area contributed by atoms with E-state index < -0.39 is 11.0 Å². The molecule has 1 unspecified atom stereocenters. The molecule has 0 bridgehead atoms. The van der Waals surface area contributed by atoms with Crippen LogP contribution in [0.15, 0.2) is 77.6 Å². The zero-order valence-corrected chi connectivity index (χ0v) is 21.5. The molecule has 0 radical (unpaired) electrons. The number of aromatic nitrogens is 2. The minimum atomic E-state index is -0.628. The zero-order valence-electron chi connectivity index (χ0n) is 20.7. The quantitative estimate of drug-likeness (QED) is 0.221. The average Bonchev–Trinajstić information content (AvgIpc) is 2.93. The molecular weight excluding hydrogens is 508 g/mol. The normalized spacial score (nSPS) is 11.8. The summed E-state index contributed by atoms with van der Waals surface area (Å²) in [7, 11) is 0. The van der Waals surface area contributed by atoms with Gasteiger partial charge in [-0.1, -0.05) is 36.7 Å². The van der Waals surface area contributed by atoms with Crippen molar-refractivity contribution in [3.8, 4) is 0 Å². The molecule has 4 rings (SSSR count). The van der Waals surface area contributed by atoms with Gasteiger partial charge in [0.25, 0.3) is 17.2 Å². The molecular formula is C27H27ClN6O4. The monoisotopic (exact) mass is 534 g/mol. The van der Waals surface area contributed by atoms with Crippen molar-refractivity contribution >= 4 is 39.8 Å². The Hall–Kier alpha value is -4.28. The Labute approximate surface area is 223 Å². The van der Waals surface area contributed by atoms with Crippen LogP contribution >= 0.6 is 11.6 Å². The first kappa shape index (κ1) is 26.8. The average molecular weight is 535 g/mol. The lowest BCUT2D eigenvalue weighted by molar-refractivity contribution is -0.384. The summed E-state index contributed by atoms with van der Waals surface area (Å²) in [6.07, 6.45) is 0.934. The van der Waals surface area contributed by atoms with E-state index in [0.717, 1.165) is 0 Å². The highest BCUT2D eigenvalue weighted by molar-refractivity contribution is 6.31. The molecule has 0 fully saturated rings. The number of benzene rings is 3. The molecule has 3 N–H and O–H groups in total. The van der Waals surface area contributed by atoms with Crippen molar-refractivity contribution < 1.29 is 9.72 Å². The van der Waals surface area contributed by atoms with Crippen LogP contribution in [0.25, 0.3) is 10.9 Å². The predicted molar refractivity (Wildman–Crippen MR) is 147 cm³/mol. The number of halogens is 1. The van der Waals surface area contributed by atoms with Gasteiger partial charge in [0.05, 0.1) is 27.6 Å². The summed E-state index contributed by atoms with van der Waals surface area (Å²) in [6.45, 7) is 2.53. The number of nitro groups is 1. The van der Waals surface area contributed by atoms with E-state index in [2.05, 4.69) is 5.43 Å². The minimum Gasteiger partial charge on any atom is -0.330 e. The van der Waals surface area contributed by atoms with Gasteiger partial charge in [0.2, 0.25) is 0 Å². The highest BCUT2D eigenvalue weighted by Gasteiger charge is 2.29. The molecule has 1 atom stereocenters. The number of nitrogens with zero attached hydrogens (tertiary/aromatic N) is 4. The molecule has 10 nitrogen and oxygen atoms in total. The highest BCUT2D eigenvalue weighted by atomic mass is 35.5. The minimum absolute atomic E-state index is 0.115. The molecule has 38 heavy (non-hydrogen) atoms. The van der Waals surface area contributed by atoms with E-state index >= 15 is 0 Å². The van der Waals surface area contributed by atoms with Crippen molar-refractivity contribution in [2.75, 3.05) is 18.5 Å². The van der Waals surface area contributed by atoms with Gasteiger partial charge in [0.15, 0.2) is 5.82 Å². The second-order valence-corrected chi connectivity index (χ2v) is 9.06. The van der Waals surface area contributed by atoms with Gasteiger partial charge in [-0.15, -0.1) is 0 Å². The second kappa shape index (κ2) is 11.8. The van der Waals surface area contributed by atoms with Crippen LogP contribution in [0.5, 0.6) is 0 Å². The molecule has 1 aromatic heterocycles. The van der Waals surface area contributed by atoms with Crippen LogP contribution in [0.2, 0.25) is 5.02 Å². The number of amides is 1. The summed E-state index contributed by atoms with van der Waals surface area (Å²) >= 11 is 6.21. The summed E-state index contributed by atoms with van der Waals surface area (Å²) in [5, 5.41) is 11.9. The molecule has 0 aliphatic carbocycles. The number of non-ortho nitro benzene ring substituents is 1. The molecule has 0 spiro atoms. The molecule has 4 aromatic rings. The molecule has 1 heterocycles. The van der Waals surface area contributed by atoms with E-state index in [9.17, 15) is 19.7 Å². The van der Waals surface area contributed by atoms with Gasteiger partial charge in [0.1, 0.15) is 0 Å². The molecule has 0 aliphatic heterocycles. The second-order valence-electron chi connectivity index (χ2n) is 8.62. The summed E-state index contributed by atoms with van der Waals surface area (Å²) in [4.78, 5) is 44.4. The number of carbonyl (C=O) groups excluding carboxylic acids is 1. The Morgan fingerprint density at radius 3 is 2.50 bits per heavy atom. The standard InChI is InChI=1S/C27H27ClN6O4/c1-2-24(32(16-6-15-29)26(35)18-9-12-21(13-10-18)34(37)38)25-30-23-17-19(28)11-14-22(23)27(36)33(25)31-20-7-4-3-5-8-20/h3-5,7-14,17,24,31H,2,6,15-16,29H2,1H3. The third kappa shape index (κ3) is 5.66. The number of rotatable bonds is 10. The van der Waals surface area contributed by atoms with Crippen molar-refractivity contribution in [2.45, 2.75) is 25.8 Å². The Kier molecular flexibility index (Phi) is 8.35. The Morgan fingerprint density at radius 2 is 1.87 bits per heavy atom. The first-order valence-corrected chi connectivity index (χ1v) is 12.5. The van der Waals surface area contributed by atoms with Crippen molar-refractivity contribution in [3.63, 3.8) is 0 Å². The molecule has 1 amide bonds. The van der Waals surface area contributed by atoms with Gasteiger partial charge < -0.3 is 10.6 Å². The summed E-state index contributed by atoms with van der Waals surface area (Å²) in [5.41, 5.74) is 9.82. The van der Waals surface area contributed by atoms with E-state index in [1.54, 1.807) is 23.1 Å². The van der Waals surface area contributed by atoms with Crippen LogP contribution in [-0.4, -0.2) is 38.5 Å². The van der Waals surface area contributed by atoms with Gasteiger partial charge in [-0.2, -0.15) is 0 Å². The van der Waals surface area contributed by atoms with Crippen LogP contribution < -0.4 is 16.7 Å². The van der Waals surface area contributed by atoms with E-state index in [0.29, 0.717) is 53.4 Å². The molecule has 3 aromatic carbocycles. The van der Waals surface area contributed by atoms with Gasteiger partial charge in [-0.25, -0.2) is 9.66 Å². The zero-order chi connectivity index (χ0) is 27.2. The van der Waals surface area contributed by atoms with Crippen molar-refractivity contribution in [2.24, 2.45) is 5.73 Å². The predicted octanol–water partition coefficient (Wildman–Crippen LogP) is 4.78. The fourth-order valence-corrected chi connectivity index (χ4v) is 4.41. The largest absolute Gasteiger partial charge is 0.330 e. The lowest BCUT2D eigenvalue weighted by Gasteiger charge is -2.32. The van der Waals surface area contributed by atoms with Crippen LogP contribution in [-0.2, 0) is 0 Å². The Balaban J connectivity index is 1.86. The van der Waals surface area contributed by atoms with Crippen LogP contribution in [0.4, 0.5) is 11.4 Å². The topological polar surface area (TPSA) is 136 Å². The Morgan fingerprint density at radius 1 is 1.16 bits per heavy atom. The number of nitro benzene ring substituents is 1. The fraction of sp³-hybridized carbons (Fsp3) is 0.222. The maximum atomic E-state index is 13.7. The first-order chi connectivity index (χ1) is 18.3. The molecule has 0 aliphatic rings. The smallest absolute Gasteiger partial charge is 0.280 e.